The Morgan fingerprint density at radius 3 is 2.14 bits per heavy atom. The lowest BCUT2D eigenvalue weighted by Gasteiger charge is -2.28. The molecular formula is C13H27N. The summed E-state index contributed by atoms with van der Waals surface area (Å²) in [5.41, 5.74) is 0. The number of rotatable bonds is 5. The van der Waals surface area contributed by atoms with Crippen molar-refractivity contribution in [1.82, 2.24) is 5.32 Å². The summed E-state index contributed by atoms with van der Waals surface area (Å²) in [5, 5.41) is 3.59. The number of nitrogens with one attached hydrogen (secondary N) is 1. The lowest BCUT2D eigenvalue weighted by Crippen LogP contribution is -2.28. The molecule has 14 heavy (non-hydrogen) atoms. The largest absolute Gasteiger partial charge is 0.316 e. The summed E-state index contributed by atoms with van der Waals surface area (Å²) in [6.45, 7) is 9.34. The molecule has 0 aromatic carbocycles. The molecule has 1 fully saturated rings. The average Bonchev–Trinajstić information content (AvgIpc) is 2.18. The van der Waals surface area contributed by atoms with Crippen LogP contribution in [-0.4, -0.2) is 13.1 Å². The first-order valence-corrected chi connectivity index (χ1v) is 6.43. The number of hydrogen-bond acceptors (Lipinski definition) is 1. The van der Waals surface area contributed by atoms with Crippen LogP contribution < -0.4 is 5.32 Å². The summed E-state index contributed by atoms with van der Waals surface area (Å²) in [4.78, 5) is 0. The topological polar surface area (TPSA) is 12.0 Å². The van der Waals surface area contributed by atoms with Crippen molar-refractivity contribution in [2.45, 2.75) is 52.9 Å². The first kappa shape index (κ1) is 12.0. The van der Waals surface area contributed by atoms with E-state index < -0.39 is 0 Å². The third kappa shape index (κ3) is 4.45. The van der Waals surface area contributed by atoms with Crippen molar-refractivity contribution in [3.63, 3.8) is 0 Å². The Balaban J connectivity index is 2.04. The van der Waals surface area contributed by atoms with E-state index in [1.54, 1.807) is 0 Å². The Kier molecular flexibility index (Phi) is 5.54. The summed E-state index contributed by atoms with van der Waals surface area (Å²) < 4.78 is 0. The van der Waals surface area contributed by atoms with Gasteiger partial charge in [-0.25, -0.2) is 0 Å². The van der Waals surface area contributed by atoms with E-state index in [1.165, 1.54) is 45.2 Å². The highest BCUT2D eigenvalue weighted by molar-refractivity contribution is 4.73. The van der Waals surface area contributed by atoms with Gasteiger partial charge in [-0.15, -0.1) is 0 Å². The van der Waals surface area contributed by atoms with E-state index in [1.807, 2.05) is 0 Å². The van der Waals surface area contributed by atoms with Crippen LogP contribution >= 0.6 is 0 Å². The average molecular weight is 197 g/mol. The molecule has 0 saturated heterocycles. The zero-order valence-electron chi connectivity index (χ0n) is 10.2. The normalized spacial score (nSPS) is 28.3. The molecule has 0 aliphatic heterocycles. The van der Waals surface area contributed by atoms with Crippen molar-refractivity contribution in [1.29, 1.82) is 0 Å². The highest BCUT2D eigenvalue weighted by atomic mass is 14.9. The van der Waals surface area contributed by atoms with Crippen molar-refractivity contribution < 1.29 is 0 Å². The van der Waals surface area contributed by atoms with Crippen molar-refractivity contribution in [3.8, 4) is 0 Å². The van der Waals surface area contributed by atoms with Crippen molar-refractivity contribution in [3.05, 3.63) is 0 Å². The highest BCUT2D eigenvalue weighted by Gasteiger charge is 2.19. The Morgan fingerprint density at radius 2 is 1.64 bits per heavy atom. The lowest BCUT2D eigenvalue weighted by atomic mass is 9.81. The van der Waals surface area contributed by atoms with Gasteiger partial charge < -0.3 is 5.32 Å². The molecule has 1 nitrogen and oxygen atoms in total. The minimum Gasteiger partial charge on any atom is -0.316 e. The molecule has 1 rings (SSSR count). The van der Waals surface area contributed by atoms with Gasteiger partial charge in [-0.1, -0.05) is 40.0 Å². The van der Waals surface area contributed by atoms with Crippen molar-refractivity contribution >= 4 is 0 Å². The van der Waals surface area contributed by atoms with E-state index in [0.717, 1.165) is 17.8 Å². The van der Waals surface area contributed by atoms with Crippen LogP contribution in [0.1, 0.15) is 52.9 Å². The Bertz CT molecular complexity index is 134. The fourth-order valence-electron chi connectivity index (χ4n) is 2.42. The fraction of sp³-hybridized carbons (Fsp3) is 1.00. The predicted octanol–water partition coefficient (Wildman–Crippen LogP) is 3.45. The van der Waals surface area contributed by atoms with Crippen LogP contribution in [0.15, 0.2) is 0 Å². The summed E-state index contributed by atoms with van der Waals surface area (Å²) in [5.74, 6) is 2.80. The SMILES string of the molecule is CCC1CCC(CNCC(C)C)CC1. The molecule has 0 bridgehead atoms. The minimum atomic E-state index is 0.794. The van der Waals surface area contributed by atoms with E-state index in [2.05, 4.69) is 26.1 Å². The molecule has 1 N–H and O–H groups in total. The Labute approximate surface area is 89.7 Å². The maximum Gasteiger partial charge on any atom is -0.00204 e. The molecule has 0 aromatic heterocycles. The van der Waals surface area contributed by atoms with Crippen molar-refractivity contribution in [2.75, 3.05) is 13.1 Å². The zero-order valence-corrected chi connectivity index (χ0v) is 10.2. The summed E-state index contributed by atoms with van der Waals surface area (Å²) >= 11 is 0. The van der Waals surface area contributed by atoms with E-state index in [4.69, 9.17) is 0 Å². The molecule has 0 heterocycles. The van der Waals surface area contributed by atoms with Crippen LogP contribution in [0, 0.1) is 17.8 Å². The van der Waals surface area contributed by atoms with Crippen molar-refractivity contribution in [2.24, 2.45) is 17.8 Å². The van der Waals surface area contributed by atoms with Crippen LogP contribution in [-0.2, 0) is 0 Å². The highest BCUT2D eigenvalue weighted by Crippen LogP contribution is 2.29. The second kappa shape index (κ2) is 6.44. The van der Waals surface area contributed by atoms with E-state index in [-0.39, 0.29) is 0 Å². The third-order valence-corrected chi connectivity index (χ3v) is 3.53. The van der Waals surface area contributed by atoms with Crippen LogP contribution in [0.2, 0.25) is 0 Å². The lowest BCUT2D eigenvalue weighted by molar-refractivity contribution is 0.261. The molecule has 1 aliphatic carbocycles. The first-order chi connectivity index (χ1) is 6.72. The van der Waals surface area contributed by atoms with Crippen LogP contribution in [0.4, 0.5) is 0 Å². The van der Waals surface area contributed by atoms with Gasteiger partial charge in [-0.05, 0) is 43.7 Å². The van der Waals surface area contributed by atoms with Gasteiger partial charge in [0.1, 0.15) is 0 Å². The maximum atomic E-state index is 3.59. The summed E-state index contributed by atoms with van der Waals surface area (Å²) in [6.07, 6.45) is 7.27. The molecule has 0 unspecified atom stereocenters. The van der Waals surface area contributed by atoms with Crippen LogP contribution in [0.3, 0.4) is 0 Å². The quantitative estimate of drug-likeness (QED) is 0.712. The molecule has 1 aliphatic rings. The first-order valence-electron chi connectivity index (χ1n) is 6.43. The fourth-order valence-corrected chi connectivity index (χ4v) is 2.42. The zero-order chi connectivity index (χ0) is 10.4. The van der Waals surface area contributed by atoms with Gasteiger partial charge in [-0.2, -0.15) is 0 Å². The van der Waals surface area contributed by atoms with Gasteiger partial charge in [0.2, 0.25) is 0 Å². The summed E-state index contributed by atoms with van der Waals surface area (Å²) in [6, 6.07) is 0. The van der Waals surface area contributed by atoms with Gasteiger partial charge in [0.15, 0.2) is 0 Å². The van der Waals surface area contributed by atoms with E-state index >= 15 is 0 Å². The molecule has 1 heteroatoms. The maximum absolute atomic E-state index is 3.59. The molecule has 84 valence electrons. The van der Waals surface area contributed by atoms with Crippen LogP contribution in [0.5, 0.6) is 0 Å². The molecule has 0 aromatic rings. The van der Waals surface area contributed by atoms with Gasteiger partial charge in [0.05, 0.1) is 0 Å². The van der Waals surface area contributed by atoms with Gasteiger partial charge in [-0.3, -0.25) is 0 Å². The second-order valence-electron chi connectivity index (χ2n) is 5.35. The predicted molar refractivity (Wildman–Crippen MR) is 63.4 cm³/mol. The third-order valence-electron chi connectivity index (χ3n) is 3.53. The smallest absolute Gasteiger partial charge is 0.00204 e. The standard InChI is InChI=1S/C13H27N/c1-4-12-5-7-13(8-6-12)10-14-9-11(2)3/h11-14H,4-10H2,1-3H3. The van der Waals surface area contributed by atoms with Gasteiger partial charge >= 0.3 is 0 Å². The Hall–Kier alpha value is -0.0400. The Morgan fingerprint density at radius 1 is 1.07 bits per heavy atom. The molecule has 0 atom stereocenters. The minimum absolute atomic E-state index is 0.794. The summed E-state index contributed by atoms with van der Waals surface area (Å²) in [7, 11) is 0. The molecular weight excluding hydrogens is 170 g/mol. The van der Waals surface area contributed by atoms with E-state index in [0.29, 0.717) is 0 Å². The second-order valence-corrected chi connectivity index (χ2v) is 5.35. The molecule has 0 radical (unpaired) electrons. The molecule has 0 spiro atoms. The van der Waals surface area contributed by atoms with Gasteiger partial charge in [0.25, 0.3) is 0 Å². The van der Waals surface area contributed by atoms with Crippen LogP contribution in [0.25, 0.3) is 0 Å². The molecule has 1 saturated carbocycles. The number of hydrogen-bond donors (Lipinski definition) is 1. The monoisotopic (exact) mass is 197 g/mol. The van der Waals surface area contributed by atoms with Gasteiger partial charge in [0, 0.05) is 0 Å². The van der Waals surface area contributed by atoms with E-state index in [9.17, 15) is 0 Å². The molecule has 0 amide bonds.